The first kappa shape index (κ1) is 7.06. The predicted octanol–water partition coefficient (Wildman–Crippen LogP) is 1.76. The highest BCUT2D eigenvalue weighted by atomic mass is 15.0. The van der Waals surface area contributed by atoms with E-state index in [1.54, 1.807) is 0 Å². The molecule has 0 atom stereocenters. The molecule has 0 amide bonds. The molecule has 0 aliphatic heterocycles. The van der Waals surface area contributed by atoms with Crippen LogP contribution in [-0.2, 0) is 7.05 Å². The molecule has 10 heavy (non-hydrogen) atoms. The van der Waals surface area contributed by atoms with Gasteiger partial charge in [-0.3, -0.25) is 0 Å². The molecule has 0 saturated heterocycles. The van der Waals surface area contributed by atoms with Gasteiger partial charge in [-0.05, 0) is 19.9 Å². The zero-order valence-corrected chi connectivity index (χ0v) is 6.63. The molecule has 0 N–H and O–H groups in total. The smallest absolute Gasteiger partial charge is 0.0953 e. The van der Waals surface area contributed by atoms with Gasteiger partial charge >= 0.3 is 0 Å². The lowest BCUT2D eigenvalue weighted by Crippen LogP contribution is -1.87. The molecular weight excluding hydrogens is 124 g/mol. The van der Waals surface area contributed by atoms with Crippen molar-refractivity contribution < 1.29 is 0 Å². The maximum Gasteiger partial charge on any atom is 0.0953 e. The van der Waals surface area contributed by atoms with E-state index in [1.807, 2.05) is 37.0 Å². The molecule has 2 nitrogen and oxygen atoms in total. The average molecular weight is 136 g/mol. The van der Waals surface area contributed by atoms with Crippen LogP contribution in [0.4, 0.5) is 0 Å². The van der Waals surface area contributed by atoms with Gasteiger partial charge in [0.1, 0.15) is 0 Å². The van der Waals surface area contributed by atoms with Gasteiger partial charge in [0.25, 0.3) is 0 Å². The highest BCUT2D eigenvalue weighted by Crippen LogP contribution is 2.05. The summed E-state index contributed by atoms with van der Waals surface area (Å²) < 4.78 is 2.01. The number of imidazole rings is 1. The number of aryl methyl sites for hydroxylation is 1. The van der Waals surface area contributed by atoms with Gasteiger partial charge in [-0.25, -0.2) is 4.98 Å². The van der Waals surface area contributed by atoms with Gasteiger partial charge in [-0.1, -0.05) is 6.08 Å². The second kappa shape index (κ2) is 2.69. The molecule has 2 heteroatoms. The van der Waals surface area contributed by atoms with Crippen molar-refractivity contribution in [1.82, 2.24) is 9.55 Å². The molecule has 0 radical (unpaired) electrons. The van der Waals surface area contributed by atoms with Gasteiger partial charge in [-0.15, -0.1) is 0 Å². The summed E-state index contributed by atoms with van der Waals surface area (Å²) in [6, 6.07) is 0. The number of aromatic nitrogens is 2. The summed E-state index contributed by atoms with van der Waals surface area (Å²) in [4.78, 5) is 4.18. The van der Waals surface area contributed by atoms with E-state index in [1.165, 1.54) is 5.69 Å². The number of nitrogens with zero attached hydrogens (tertiary/aromatic N) is 2. The van der Waals surface area contributed by atoms with E-state index < -0.39 is 0 Å². The molecule has 0 spiro atoms. The van der Waals surface area contributed by atoms with Crippen LogP contribution in [0.3, 0.4) is 0 Å². The number of allylic oxidation sites excluding steroid dienone is 1. The highest BCUT2D eigenvalue weighted by Gasteiger charge is 1.97. The molecule has 0 fully saturated rings. The van der Waals surface area contributed by atoms with E-state index >= 15 is 0 Å². The summed E-state index contributed by atoms with van der Waals surface area (Å²) >= 11 is 0. The topological polar surface area (TPSA) is 17.8 Å². The fourth-order valence-electron chi connectivity index (χ4n) is 0.831. The molecular formula is C8H12N2. The SMILES string of the molecule is C/C=C\c1ncn(C)c1C. The molecule has 0 saturated carbocycles. The lowest BCUT2D eigenvalue weighted by Gasteiger charge is -1.92. The number of hydrogen-bond donors (Lipinski definition) is 0. The lowest BCUT2D eigenvalue weighted by atomic mass is 10.3. The van der Waals surface area contributed by atoms with Gasteiger partial charge in [0, 0.05) is 12.7 Å². The molecule has 1 rings (SSSR count). The van der Waals surface area contributed by atoms with Gasteiger partial charge < -0.3 is 4.57 Å². The van der Waals surface area contributed by atoms with Gasteiger partial charge in [0.15, 0.2) is 0 Å². The van der Waals surface area contributed by atoms with Crippen molar-refractivity contribution in [3.63, 3.8) is 0 Å². The maximum absolute atomic E-state index is 4.18. The molecule has 1 heterocycles. The van der Waals surface area contributed by atoms with Crippen molar-refractivity contribution in [1.29, 1.82) is 0 Å². The van der Waals surface area contributed by atoms with E-state index in [2.05, 4.69) is 11.9 Å². The Morgan fingerprint density at radius 3 is 2.70 bits per heavy atom. The quantitative estimate of drug-likeness (QED) is 0.575. The second-order valence-corrected chi connectivity index (χ2v) is 2.33. The van der Waals surface area contributed by atoms with Crippen LogP contribution in [0, 0.1) is 6.92 Å². The minimum Gasteiger partial charge on any atom is -0.337 e. The van der Waals surface area contributed by atoms with Crippen LogP contribution in [0.2, 0.25) is 0 Å². The standard InChI is InChI=1S/C8H12N2/c1-4-5-8-7(2)10(3)6-9-8/h4-6H,1-3H3/b5-4-. The van der Waals surface area contributed by atoms with Gasteiger partial charge in [-0.2, -0.15) is 0 Å². The monoisotopic (exact) mass is 136 g/mol. The fraction of sp³-hybridized carbons (Fsp3) is 0.375. The first-order chi connectivity index (χ1) is 4.75. The first-order valence-corrected chi connectivity index (χ1v) is 3.36. The van der Waals surface area contributed by atoms with Crippen LogP contribution >= 0.6 is 0 Å². The molecule has 1 aromatic rings. The van der Waals surface area contributed by atoms with Crippen molar-refractivity contribution in [3.8, 4) is 0 Å². The lowest BCUT2D eigenvalue weighted by molar-refractivity contribution is 0.873. The molecule has 0 aromatic carbocycles. The van der Waals surface area contributed by atoms with E-state index in [-0.39, 0.29) is 0 Å². The van der Waals surface area contributed by atoms with Crippen LogP contribution in [0.15, 0.2) is 12.4 Å². The Balaban J connectivity index is 3.05. The molecule has 1 aromatic heterocycles. The summed E-state index contributed by atoms with van der Waals surface area (Å²) in [6.45, 7) is 4.05. The number of hydrogen-bond acceptors (Lipinski definition) is 1. The predicted molar refractivity (Wildman–Crippen MR) is 42.7 cm³/mol. The van der Waals surface area contributed by atoms with Crippen LogP contribution in [0.5, 0.6) is 0 Å². The van der Waals surface area contributed by atoms with Crippen molar-refractivity contribution in [2.45, 2.75) is 13.8 Å². The van der Waals surface area contributed by atoms with E-state index in [0.29, 0.717) is 0 Å². The third-order valence-electron chi connectivity index (χ3n) is 1.59. The molecule has 0 bridgehead atoms. The van der Waals surface area contributed by atoms with Gasteiger partial charge in [0.2, 0.25) is 0 Å². The molecule has 0 aliphatic carbocycles. The van der Waals surface area contributed by atoms with Crippen LogP contribution in [0.25, 0.3) is 6.08 Å². The Labute approximate surface area is 61.2 Å². The Kier molecular flexibility index (Phi) is 1.90. The fourth-order valence-corrected chi connectivity index (χ4v) is 0.831. The minimum absolute atomic E-state index is 1.06. The largest absolute Gasteiger partial charge is 0.337 e. The Morgan fingerprint density at radius 1 is 1.60 bits per heavy atom. The Hall–Kier alpha value is -1.05. The van der Waals surface area contributed by atoms with E-state index in [9.17, 15) is 0 Å². The van der Waals surface area contributed by atoms with Crippen LogP contribution in [0.1, 0.15) is 18.3 Å². The molecule has 54 valence electrons. The zero-order chi connectivity index (χ0) is 7.56. The second-order valence-electron chi connectivity index (χ2n) is 2.33. The van der Waals surface area contributed by atoms with Gasteiger partial charge in [0.05, 0.1) is 12.0 Å². The van der Waals surface area contributed by atoms with Crippen LogP contribution in [-0.4, -0.2) is 9.55 Å². The van der Waals surface area contributed by atoms with Crippen molar-refractivity contribution >= 4 is 6.08 Å². The molecule has 0 aliphatic rings. The summed E-state index contributed by atoms with van der Waals surface area (Å²) in [7, 11) is 2.00. The zero-order valence-electron chi connectivity index (χ0n) is 6.63. The maximum atomic E-state index is 4.18. The van der Waals surface area contributed by atoms with E-state index in [4.69, 9.17) is 0 Å². The van der Waals surface area contributed by atoms with Crippen molar-refractivity contribution in [2.75, 3.05) is 0 Å². The summed E-state index contributed by atoms with van der Waals surface area (Å²) in [5.74, 6) is 0. The Bertz CT molecular complexity index is 246. The minimum atomic E-state index is 1.06. The highest BCUT2D eigenvalue weighted by molar-refractivity contribution is 5.46. The van der Waals surface area contributed by atoms with E-state index in [0.717, 1.165) is 5.69 Å². The van der Waals surface area contributed by atoms with Crippen molar-refractivity contribution in [3.05, 3.63) is 23.8 Å². The first-order valence-electron chi connectivity index (χ1n) is 3.36. The van der Waals surface area contributed by atoms with Crippen LogP contribution < -0.4 is 0 Å². The Morgan fingerprint density at radius 2 is 2.30 bits per heavy atom. The summed E-state index contributed by atoms with van der Waals surface area (Å²) in [6.07, 6.45) is 5.83. The summed E-state index contributed by atoms with van der Waals surface area (Å²) in [5, 5.41) is 0. The third kappa shape index (κ3) is 1.10. The molecule has 0 unspecified atom stereocenters. The summed E-state index contributed by atoms with van der Waals surface area (Å²) in [5.41, 5.74) is 2.27. The average Bonchev–Trinajstić information content (AvgIpc) is 2.20. The normalized spacial score (nSPS) is 11.1. The van der Waals surface area contributed by atoms with Crippen molar-refractivity contribution in [2.24, 2.45) is 7.05 Å². The number of rotatable bonds is 1. The third-order valence-corrected chi connectivity index (χ3v) is 1.59.